The van der Waals surface area contributed by atoms with Crippen LogP contribution in [0, 0.1) is 5.92 Å². The normalized spacial score (nSPS) is 21.0. The lowest BCUT2D eigenvalue weighted by Crippen LogP contribution is -2.33. The number of rotatable bonds is 0. The van der Waals surface area contributed by atoms with Gasteiger partial charge in [0.2, 0.25) is 0 Å². The first-order valence-corrected chi connectivity index (χ1v) is 12.0. The second-order valence-electron chi connectivity index (χ2n) is 9.37. The van der Waals surface area contributed by atoms with Gasteiger partial charge in [0.1, 0.15) is 0 Å². The van der Waals surface area contributed by atoms with Gasteiger partial charge in [-0.05, 0) is 46.0 Å². The van der Waals surface area contributed by atoms with E-state index >= 15 is 0 Å². The fourth-order valence-corrected chi connectivity index (χ4v) is 6.86. The molecule has 4 aromatic carbocycles. The van der Waals surface area contributed by atoms with Crippen molar-refractivity contribution in [3.8, 4) is 34.1 Å². The van der Waals surface area contributed by atoms with Gasteiger partial charge in [0, 0.05) is 28.5 Å². The maximum atomic E-state index is 6.67. The second kappa shape index (κ2) is 6.43. The van der Waals surface area contributed by atoms with Gasteiger partial charge < -0.3 is 9.47 Å². The highest BCUT2D eigenvalue weighted by Crippen LogP contribution is 2.68. The summed E-state index contributed by atoms with van der Waals surface area (Å²) < 4.78 is 13.0. The lowest BCUT2D eigenvalue weighted by Gasteiger charge is -2.37. The van der Waals surface area contributed by atoms with Gasteiger partial charge >= 0.3 is 0 Å². The molecule has 3 heteroatoms. The molecule has 0 saturated heterocycles. The molecule has 34 heavy (non-hydrogen) atoms. The van der Waals surface area contributed by atoms with Crippen molar-refractivity contribution < 1.29 is 9.47 Å². The van der Waals surface area contributed by atoms with Gasteiger partial charge in [-0.15, -0.1) is 0 Å². The van der Waals surface area contributed by atoms with Crippen molar-refractivity contribution in [3.05, 3.63) is 130 Å². The van der Waals surface area contributed by atoms with Crippen molar-refractivity contribution in [2.45, 2.75) is 11.3 Å². The molecule has 0 N–H and O–H groups in total. The average Bonchev–Trinajstić information content (AvgIpc) is 3.35. The number of allylic oxidation sites excluding steroid dienone is 4. The molecule has 8 rings (SSSR count). The van der Waals surface area contributed by atoms with Crippen molar-refractivity contribution in [1.82, 2.24) is 0 Å². The molecule has 2 nitrogen and oxygen atoms in total. The predicted octanol–water partition coefficient (Wildman–Crippen LogP) is 8.39. The molecule has 0 bridgehead atoms. The van der Waals surface area contributed by atoms with Crippen LogP contribution in [0.5, 0.6) is 23.0 Å². The van der Waals surface area contributed by atoms with Crippen LogP contribution in [0.2, 0.25) is 5.02 Å². The van der Waals surface area contributed by atoms with Crippen LogP contribution in [-0.4, -0.2) is 0 Å². The third kappa shape index (κ3) is 2.13. The molecular formula is C31H19ClO2. The molecule has 1 aliphatic heterocycles. The summed E-state index contributed by atoms with van der Waals surface area (Å²) in [7, 11) is 0. The molecule has 0 radical (unpaired) electrons. The van der Waals surface area contributed by atoms with Gasteiger partial charge in [-0.3, -0.25) is 0 Å². The van der Waals surface area contributed by atoms with Crippen LogP contribution in [0.25, 0.3) is 11.1 Å². The molecule has 1 spiro atoms. The topological polar surface area (TPSA) is 18.5 Å². The highest BCUT2D eigenvalue weighted by molar-refractivity contribution is 6.30. The predicted molar refractivity (Wildman–Crippen MR) is 134 cm³/mol. The highest BCUT2D eigenvalue weighted by Gasteiger charge is 2.59. The molecular weight excluding hydrogens is 440 g/mol. The summed E-state index contributed by atoms with van der Waals surface area (Å²) in [5.74, 6) is 3.40. The first kappa shape index (κ1) is 18.7. The van der Waals surface area contributed by atoms with Crippen LogP contribution >= 0.6 is 11.6 Å². The molecule has 162 valence electrons. The molecule has 4 aliphatic rings. The molecule has 1 heterocycles. The van der Waals surface area contributed by atoms with E-state index in [1.165, 1.54) is 33.4 Å². The number of hydrogen-bond donors (Lipinski definition) is 0. The maximum Gasteiger partial charge on any atom is 0.174 e. The fraction of sp³-hybridized carbons (Fsp3) is 0.0968. The summed E-state index contributed by atoms with van der Waals surface area (Å²) in [6, 6.07) is 27.5. The molecule has 4 aromatic rings. The average molecular weight is 459 g/mol. The quantitative estimate of drug-likeness (QED) is 0.232. The minimum Gasteiger partial charge on any atom is -0.449 e. The molecule has 2 unspecified atom stereocenters. The summed E-state index contributed by atoms with van der Waals surface area (Å²) in [4.78, 5) is 0. The van der Waals surface area contributed by atoms with E-state index in [-0.39, 0.29) is 17.3 Å². The van der Waals surface area contributed by atoms with Gasteiger partial charge in [0.25, 0.3) is 0 Å². The Balaban J connectivity index is 1.50. The van der Waals surface area contributed by atoms with Gasteiger partial charge in [-0.1, -0.05) is 90.5 Å². The summed E-state index contributed by atoms with van der Waals surface area (Å²) in [6.45, 7) is 0. The minimum absolute atomic E-state index is 0.244. The number of benzene rings is 4. The SMILES string of the molecule is Clc1ccc2c(c1)Oc1c(ccc3c1C1(c4ccccc4-c4ccccc41)C1C=CC=CC31)O2. The second-order valence-corrected chi connectivity index (χ2v) is 9.81. The number of halogens is 1. The van der Waals surface area contributed by atoms with Gasteiger partial charge in [0.05, 0.1) is 5.41 Å². The van der Waals surface area contributed by atoms with Crippen molar-refractivity contribution in [3.63, 3.8) is 0 Å². The van der Waals surface area contributed by atoms with Crippen LogP contribution in [-0.2, 0) is 5.41 Å². The van der Waals surface area contributed by atoms with Crippen LogP contribution in [0.4, 0.5) is 0 Å². The van der Waals surface area contributed by atoms with E-state index in [4.69, 9.17) is 21.1 Å². The lowest BCUT2D eigenvalue weighted by atomic mass is 9.65. The van der Waals surface area contributed by atoms with Gasteiger partial charge in [0.15, 0.2) is 23.0 Å². The van der Waals surface area contributed by atoms with E-state index in [0.717, 1.165) is 11.5 Å². The van der Waals surface area contributed by atoms with Crippen molar-refractivity contribution in [1.29, 1.82) is 0 Å². The first-order valence-electron chi connectivity index (χ1n) is 11.6. The number of hydrogen-bond acceptors (Lipinski definition) is 2. The summed E-state index contributed by atoms with van der Waals surface area (Å²) in [5, 5.41) is 0.629. The van der Waals surface area contributed by atoms with E-state index in [2.05, 4.69) is 85.0 Å². The van der Waals surface area contributed by atoms with E-state index in [0.29, 0.717) is 16.5 Å². The third-order valence-corrected chi connectivity index (χ3v) is 8.11. The van der Waals surface area contributed by atoms with Crippen LogP contribution in [0.3, 0.4) is 0 Å². The number of ether oxygens (including phenoxy) is 2. The zero-order chi connectivity index (χ0) is 22.4. The Labute approximate surface area is 202 Å². The standard InChI is InChI=1S/C31H19ClO2/c32-18-13-15-26-28(17-18)34-30-27(33-26)16-14-22-21-9-3-6-12-25(21)31(29(22)30)23-10-4-1-7-19(23)20-8-2-5-11-24(20)31/h1-17,21,25H. The van der Waals surface area contributed by atoms with E-state index in [1.54, 1.807) is 0 Å². The Hall–Kier alpha value is -3.75. The van der Waals surface area contributed by atoms with Crippen molar-refractivity contribution in [2.24, 2.45) is 5.92 Å². The highest BCUT2D eigenvalue weighted by atomic mass is 35.5. The van der Waals surface area contributed by atoms with Gasteiger partial charge in [-0.25, -0.2) is 0 Å². The molecule has 2 atom stereocenters. The summed E-state index contributed by atoms with van der Waals surface area (Å²) in [5.41, 5.74) is 7.40. The molecule has 0 aromatic heterocycles. The Morgan fingerprint density at radius 3 is 2.18 bits per heavy atom. The summed E-state index contributed by atoms with van der Waals surface area (Å²) in [6.07, 6.45) is 9.08. The van der Waals surface area contributed by atoms with Crippen LogP contribution in [0.1, 0.15) is 28.2 Å². The van der Waals surface area contributed by atoms with E-state index in [1.807, 2.05) is 18.2 Å². The monoisotopic (exact) mass is 458 g/mol. The minimum atomic E-state index is -0.362. The van der Waals surface area contributed by atoms with Gasteiger partial charge in [-0.2, -0.15) is 0 Å². The lowest BCUT2D eigenvalue weighted by molar-refractivity contribution is 0.350. The van der Waals surface area contributed by atoms with E-state index in [9.17, 15) is 0 Å². The largest absolute Gasteiger partial charge is 0.449 e. The van der Waals surface area contributed by atoms with Crippen LogP contribution in [0.15, 0.2) is 103 Å². The van der Waals surface area contributed by atoms with Crippen molar-refractivity contribution >= 4 is 11.6 Å². The van der Waals surface area contributed by atoms with Crippen molar-refractivity contribution in [2.75, 3.05) is 0 Å². The Morgan fingerprint density at radius 1 is 0.676 bits per heavy atom. The summed E-state index contributed by atoms with van der Waals surface area (Å²) >= 11 is 6.32. The molecule has 0 amide bonds. The third-order valence-electron chi connectivity index (χ3n) is 7.87. The Kier molecular flexibility index (Phi) is 3.53. The molecule has 3 aliphatic carbocycles. The molecule has 0 fully saturated rings. The first-order chi connectivity index (χ1) is 16.8. The Bertz CT molecular complexity index is 1550. The fourth-order valence-electron chi connectivity index (χ4n) is 6.70. The zero-order valence-electron chi connectivity index (χ0n) is 18.2. The van der Waals surface area contributed by atoms with Crippen LogP contribution < -0.4 is 9.47 Å². The molecule has 0 saturated carbocycles. The number of fused-ring (bicyclic) bond motifs is 13. The maximum absolute atomic E-state index is 6.67. The Morgan fingerprint density at radius 2 is 1.38 bits per heavy atom. The zero-order valence-corrected chi connectivity index (χ0v) is 18.9. The van der Waals surface area contributed by atoms with E-state index < -0.39 is 0 Å². The smallest absolute Gasteiger partial charge is 0.174 e.